The van der Waals surface area contributed by atoms with Gasteiger partial charge >= 0.3 is 18.0 Å². The molecule has 42 heavy (non-hydrogen) atoms. The molecule has 0 radical (unpaired) electrons. The number of fused-ring (bicyclic) bond motifs is 3. The van der Waals surface area contributed by atoms with Crippen molar-refractivity contribution in [2.24, 2.45) is 0 Å². The molecule has 0 fully saturated rings. The van der Waals surface area contributed by atoms with Crippen LogP contribution in [0, 0.1) is 0 Å². The van der Waals surface area contributed by atoms with Gasteiger partial charge in [-0.05, 0) is 34.2 Å². The number of amides is 2. The second kappa shape index (κ2) is 14.8. The number of carbonyl (C=O) groups is 4. The van der Waals surface area contributed by atoms with Crippen LogP contribution in [0.1, 0.15) is 61.6 Å². The molecule has 0 aromatic heterocycles. The third-order valence-electron chi connectivity index (χ3n) is 7.24. The van der Waals surface area contributed by atoms with E-state index >= 15 is 0 Å². The molecule has 0 bridgehead atoms. The van der Waals surface area contributed by atoms with E-state index < -0.39 is 42.4 Å². The number of rotatable bonds is 14. The maximum Gasteiger partial charge on any atom is 0.407 e. The smallest absolute Gasteiger partial charge is 0.407 e. The summed E-state index contributed by atoms with van der Waals surface area (Å²) in [5.41, 5.74) is 5.02. The van der Waals surface area contributed by atoms with Crippen LogP contribution in [0.5, 0.6) is 0 Å². The summed E-state index contributed by atoms with van der Waals surface area (Å²) in [5, 5.41) is 14.5. The van der Waals surface area contributed by atoms with Crippen LogP contribution >= 0.6 is 0 Å². The van der Waals surface area contributed by atoms with Crippen LogP contribution in [-0.4, -0.2) is 47.7 Å². The zero-order valence-electron chi connectivity index (χ0n) is 23.6. The van der Waals surface area contributed by atoms with E-state index in [0.717, 1.165) is 34.2 Å². The molecule has 0 heterocycles. The minimum Gasteiger partial charge on any atom is -0.481 e. The molecular weight excluding hydrogens is 536 g/mol. The minimum absolute atomic E-state index is 0.0110. The molecule has 1 aliphatic rings. The second-order valence-electron chi connectivity index (χ2n) is 10.3. The van der Waals surface area contributed by atoms with Gasteiger partial charge in [-0.25, -0.2) is 4.79 Å². The summed E-state index contributed by atoms with van der Waals surface area (Å²) in [5.74, 6) is -2.61. The lowest BCUT2D eigenvalue weighted by atomic mass is 9.98. The van der Waals surface area contributed by atoms with Crippen molar-refractivity contribution in [1.82, 2.24) is 10.6 Å². The number of unbranched alkanes of at least 4 members (excludes halogenated alkanes) is 1. The van der Waals surface area contributed by atoms with E-state index in [0.29, 0.717) is 12.8 Å². The number of carboxylic acids is 1. The van der Waals surface area contributed by atoms with Gasteiger partial charge < -0.3 is 25.2 Å². The van der Waals surface area contributed by atoms with Crippen LogP contribution in [0.3, 0.4) is 0 Å². The average molecular weight is 573 g/mol. The number of ether oxygens (including phenoxy) is 2. The summed E-state index contributed by atoms with van der Waals surface area (Å²) in [6, 6.07) is 23.0. The molecule has 0 spiro atoms. The Morgan fingerprint density at radius 1 is 0.810 bits per heavy atom. The summed E-state index contributed by atoms with van der Waals surface area (Å²) >= 11 is 0. The summed E-state index contributed by atoms with van der Waals surface area (Å²) in [6.07, 6.45) is 0.389. The molecule has 0 aliphatic heterocycles. The Bertz CT molecular complexity index is 1350. The SMILES string of the molecule is CCCCC(CC(=O)O)NC(=O)[C@H](CC(=O)OCc1ccccc1)NC(=O)OCC1c2ccccc2-c2ccccc21. The Morgan fingerprint density at radius 3 is 2.05 bits per heavy atom. The molecule has 1 aliphatic carbocycles. The number of hydrogen-bond acceptors (Lipinski definition) is 6. The lowest BCUT2D eigenvalue weighted by Gasteiger charge is -2.23. The first kappa shape index (κ1) is 30.3. The zero-order chi connectivity index (χ0) is 29.9. The molecule has 0 saturated heterocycles. The number of benzene rings is 3. The number of carboxylic acid groups (broad SMARTS) is 1. The third kappa shape index (κ3) is 8.19. The fourth-order valence-corrected chi connectivity index (χ4v) is 5.14. The number of hydrogen-bond donors (Lipinski definition) is 3. The molecule has 220 valence electrons. The normalized spacial score (nSPS) is 13.3. The van der Waals surface area contributed by atoms with Crippen LogP contribution in [0.15, 0.2) is 78.9 Å². The number of carbonyl (C=O) groups excluding carboxylic acids is 3. The van der Waals surface area contributed by atoms with Crippen molar-refractivity contribution in [1.29, 1.82) is 0 Å². The lowest BCUT2D eigenvalue weighted by Crippen LogP contribution is -2.51. The fourth-order valence-electron chi connectivity index (χ4n) is 5.14. The van der Waals surface area contributed by atoms with E-state index in [4.69, 9.17) is 9.47 Å². The molecule has 9 heteroatoms. The summed E-state index contributed by atoms with van der Waals surface area (Å²) in [7, 11) is 0. The number of aliphatic carboxylic acids is 1. The van der Waals surface area contributed by atoms with Crippen molar-refractivity contribution in [2.45, 2.75) is 63.6 Å². The van der Waals surface area contributed by atoms with Gasteiger partial charge in [0.15, 0.2) is 0 Å². The van der Waals surface area contributed by atoms with Crippen LogP contribution < -0.4 is 10.6 Å². The molecule has 4 rings (SSSR count). The molecule has 9 nitrogen and oxygen atoms in total. The Balaban J connectivity index is 1.43. The van der Waals surface area contributed by atoms with E-state index in [-0.39, 0.29) is 25.6 Å². The molecular formula is C33H36N2O7. The number of alkyl carbamates (subject to hydrolysis) is 1. The van der Waals surface area contributed by atoms with E-state index in [2.05, 4.69) is 10.6 Å². The van der Waals surface area contributed by atoms with E-state index in [1.165, 1.54) is 0 Å². The molecule has 2 atom stereocenters. The van der Waals surface area contributed by atoms with Crippen molar-refractivity contribution in [2.75, 3.05) is 6.61 Å². The first-order chi connectivity index (χ1) is 20.4. The maximum atomic E-state index is 13.2. The maximum absolute atomic E-state index is 13.2. The summed E-state index contributed by atoms with van der Waals surface area (Å²) < 4.78 is 10.9. The highest BCUT2D eigenvalue weighted by Crippen LogP contribution is 2.44. The highest BCUT2D eigenvalue weighted by atomic mass is 16.5. The van der Waals surface area contributed by atoms with Crippen molar-refractivity contribution in [3.63, 3.8) is 0 Å². The second-order valence-corrected chi connectivity index (χ2v) is 10.3. The minimum atomic E-state index is -1.32. The Labute approximate surface area is 245 Å². The van der Waals surface area contributed by atoms with Crippen molar-refractivity contribution < 1.29 is 33.8 Å². The average Bonchev–Trinajstić information content (AvgIpc) is 3.31. The molecule has 1 unspecified atom stereocenters. The van der Waals surface area contributed by atoms with Gasteiger partial charge in [-0.15, -0.1) is 0 Å². The topological polar surface area (TPSA) is 131 Å². The Kier molecular flexibility index (Phi) is 10.7. The quantitative estimate of drug-likeness (QED) is 0.227. The monoisotopic (exact) mass is 572 g/mol. The van der Waals surface area contributed by atoms with E-state index in [1.54, 1.807) is 12.1 Å². The summed E-state index contributed by atoms with van der Waals surface area (Å²) in [4.78, 5) is 50.3. The Morgan fingerprint density at radius 2 is 1.43 bits per heavy atom. The molecule has 3 aromatic carbocycles. The molecule has 3 N–H and O–H groups in total. The fraction of sp³-hybridized carbons (Fsp3) is 0.333. The van der Waals surface area contributed by atoms with E-state index in [9.17, 15) is 24.3 Å². The molecule has 3 aromatic rings. The van der Waals surface area contributed by atoms with Crippen molar-refractivity contribution >= 4 is 23.9 Å². The number of esters is 1. The van der Waals surface area contributed by atoms with Gasteiger partial charge in [0.25, 0.3) is 0 Å². The highest BCUT2D eigenvalue weighted by molar-refractivity contribution is 5.90. The molecule has 0 saturated carbocycles. The first-order valence-corrected chi connectivity index (χ1v) is 14.2. The van der Waals surface area contributed by atoms with Crippen LogP contribution in [0.2, 0.25) is 0 Å². The highest BCUT2D eigenvalue weighted by Gasteiger charge is 2.31. The predicted octanol–water partition coefficient (Wildman–Crippen LogP) is 5.18. The van der Waals surface area contributed by atoms with Crippen LogP contribution in [-0.2, 0) is 30.5 Å². The number of nitrogens with one attached hydrogen (secondary N) is 2. The standard InChI is InChI=1S/C33H36N2O7/c1-2-3-13-23(18-30(36)37)34-32(39)29(19-31(38)41-20-22-11-5-4-6-12-22)35-33(40)42-21-28-26-16-9-7-14-24(26)25-15-8-10-17-27(25)28/h4-12,14-17,23,28-29H,2-3,13,18-21H2,1H3,(H,34,39)(H,35,40)(H,36,37)/t23?,29-/m0/s1. The van der Waals surface area contributed by atoms with Gasteiger partial charge in [-0.1, -0.05) is 98.6 Å². The predicted molar refractivity (Wildman–Crippen MR) is 157 cm³/mol. The first-order valence-electron chi connectivity index (χ1n) is 14.2. The van der Waals surface area contributed by atoms with Gasteiger partial charge in [0.2, 0.25) is 5.91 Å². The van der Waals surface area contributed by atoms with Gasteiger partial charge in [0.05, 0.1) is 12.8 Å². The van der Waals surface area contributed by atoms with Crippen molar-refractivity contribution in [3.8, 4) is 11.1 Å². The lowest BCUT2D eigenvalue weighted by molar-refractivity contribution is -0.147. The van der Waals surface area contributed by atoms with Gasteiger partial charge in [-0.3, -0.25) is 14.4 Å². The van der Waals surface area contributed by atoms with Crippen LogP contribution in [0.25, 0.3) is 11.1 Å². The zero-order valence-corrected chi connectivity index (χ0v) is 23.6. The Hall–Kier alpha value is -4.66. The van der Waals surface area contributed by atoms with Gasteiger partial charge in [0, 0.05) is 12.0 Å². The summed E-state index contributed by atoms with van der Waals surface area (Å²) in [6.45, 7) is 2.01. The van der Waals surface area contributed by atoms with Crippen molar-refractivity contribution in [3.05, 3.63) is 95.6 Å². The van der Waals surface area contributed by atoms with Gasteiger partial charge in [0.1, 0.15) is 19.3 Å². The van der Waals surface area contributed by atoms with E-state index in [1.807, 2.05) is 73.7 Å². The third-order valence-corrected chi connectivity index (χ3v) is 7.24. The largest absolute Gasteiger partial charge is 0.481 e. The van der Waals surface area contributed by atoms with Crippen LogP contribution in [0.4, 0.5) is 4.79 Å². The molecule has 2 amide bonds. The van der Waals surface area contributed by atoms with Gasteiger partial charge in [-0.2, -0.15) is 0 Å².